The molecule has 1 aliphatic heterocycles. The van der Waals surface area contributed by atoms with Crippen LogP contribution in [0.1, 0.15) is 16.1 Å². The summed E-state index contributed by atoms with van der Waals surface area (Å²) in [5.74, 6) is -1.03. The number of rotatable bonds is 4. The Kier molecular flexibility index (Phi) is 4.95. The van der Waals surface area contributed by atoms with Crippen molar-refractivity contribution in [2.45, 2.75) is 6.61 Å². The van der Waals surface area contributed by atoms with Crippen LogP contribution in [0.3, 0.4) is 0 Å². The zero-order valence-corrected chi connectivity index (χ0v) is 13.7. The van der Waals surface area contributed by atoms with Gasteiger partial charge in [-0.1, -0.05) is 30.3 Å². The standard InChI is InChI=1S/C16H17N3O4S/c20-14(21)13-11-24-15(17-13)18-6-8-19(9-7-18)16(22)23-10-12-4-2-1-3-5-12/h1-5,11H,6-10H2,(H,20,21). The Morgan fingerprint density at radius 1 is 1.17 bits per heavy atom. The predicted octanol–water partition coefficient (Wildman–Crippen LogP) is 2.30. The molecular weight excluding hydrogens is 330 g/mol. The fraction of sp³-hybridized carbons (Fsp3) is 0.312. The first kappa shape index (κ1) is 16.3. The molecule has 7 nitrogen and oxygen atoms in total. The summed E-state index contributed by atoms with van der Waals surface area (Å²) >= 11 is 1.30. The van der Waals surface area contributed by atoms with E-state index in [2.05, 4.69) is 4.98 Å². The van der Waals surface area contributed by atoms with Gasteiger partial charge in [0.2, 0.25) is 0 Å². The number of ether oxygens (including phenoxy) is 1. The summed E-state index contributed by atoms with van der Waals surface area (Å²) in [6.07, 6.45) is -0.330. The molecule has 0 aliphatic carbocycles. The van der Waals surface area contributed by atoms with E-state index in [0.29, 0.717) is 31.3 Å². The number of anilines is 1. The van der Waals surface area contributed by atoms with E-state index in [1.165, 1.54) is 16.7 Å². The number of nitrogens with zero attached hydrogens (tertiary/aromatic N) is 3. The van der Waals surface area contributed by atoms with E-state index in [-0.39, 0.29) is 18.4 Å². The zero-order valence-electron chi connectivity index (χ0n) is 12.9. The van der Waals surface area contributed by atoms with Gasteiger partial charge in [0.1, 0.15) is 6.61 Å². The Morgan fingerprint density at radius 2 is 1.88 bits per heavy atom. The van der Waals surface area contributed by atoms with Crippen molar-refractivity contribution in [3.63, 3.8) is 0 Å². The van der Waals surface area contributed by atoms with Gasteiger partial charge in [0.15, 0.2) is 10.8 Å². The fourth-order valence-corrected chi connectivity index (χ4v) is 3.25. The Balaban J connectivity index is 1.49. The largest absolute Gasteiger partial charge is 0.476 e. The third-order valence-electron chi connectivity index (χ3n) is 3.72. The molecule has 24 heavy (non-hydrogen) atoms. The van der Waals surface area contributed by atoms with Crippen LogP contribution in [0.2, 0.25) is 0 Å². The van der Waals surface area contributed by atoms with Gasteiger partial charge >= 0.3 is 12.1 Å². The van der Waals surface area contributed by atoms with E-state index < -0.39 is 5.97 Å². The summed E-state index contributed by atoms with van der Waals surface area (Å²) in [6.45, 7) is 2.51. The average Bonchev–Trinajstić information content (AvgIpc) is 3.11. The van der Waals surface area contributed by atoms with Gasteiger partial charge in [0.05, 0.1) is 0 Å². The smallest absolute Gasteiger partial charge is 0.410 e. The molecule has 1 aliphatic rings. The monoisotopic (exact) mass is 347 g/mol. The molecule has 2 aromatic rings. The van der Waals surface area contributed by atoms with Crippen LogP contribution in [0, 0.1) is 0 Å². The fourth-order valence-electron chi connectivity index (χ4n) is 2.40. The lowest BCUT2D eigenvalue weighted by Crippen LogP contribution is -2.48. The number of piperazine rings is 1. The molecule has 2 heterocycles. The van der Waals surface area contributed by atoms with Gasteiger partial charge in [-0.15, -0.1) is 11.3 Å². The minimum absolute atomic E-state index is 0.0553. The normalized spacial score (nSPS) is 14.5. The number of aromatic nitrogens is 1. The molecule has 0 bridgehead atoms. The topological polar surface area (TPSA) is 83.0 Å². The maximum Gasteiger partial charge on any atom is 0.410 e. The number of amides is 1. The van der Waals surface area contributed by atoms with Crippen LogP contribution in [0.5, 0.6) is 0 Å². The number of thiazole rings is 1. The third-order valence-corrected chi connectivity index (χ3v) is 4.63. The van der Waals surface area contributed by atoms with Crippen molar-refractivity contribution < 1.29 is 19.4 Å². The van der Waals surface area contributed by atoms with Gasteiger partial charge in [-0.05, 0) is 5.56 Å². The van der Waals surface area contributed by atoms with E-state index in [4.69, 9.17) is 9.84 Å². The van der Waals surface area contributed by atoms with Crippen molar-refractivity contribution >= 4 is 28.5 Å². The van der Waals surface area contributed by atoms with Gasteiger partial charge in [-0.3, -0.25) is 0 Å². The summed E-state index contributed by atoms with van der Waals surface area (Å²) in [7, 11) is 0. The molecule has 1 aromatic carbocycles. The van der Waals surface area contributed by atoms with Crippen molar-refractivity contribution in [1.29, 1.82) is 0 Å². The molecule has 0 saturated carbocycles. The average molecular weight is 347 g/mol. The van der Waals surface area contributed by atoms with Crippen molar-refractivity contribution in [2.75, 3.05) is 31.1 Å². The maximum absolute atomic E-state index is 12.1. The lowest BCUT2D eigenvalue weighted by Gasteiger charge is -2.33. The highest BCUT2D eigenvalue weighted by atomic mass is 32.1. The van der Waals surface area contributed by atoms with Crippen LogP contribution in [0.4, 0.5) is 9.93 Å². The molecule has 1 aromatic heterocycles. The molecule has 1 saturated heterocycles. The minimum Gasteiger partial charge on any atom is -0.476 e. The van der Waals surface area contributed by atoms with Gasteiger partial charge < -0.3 is 19.6 Å². The van der Waals surface area contributed by atoms with Crippen LogP contribution >= 0.6 is 11.3 Å². The molecule has 0 unspecified atom stereocenters. The Hall–Kier alpha value is -2.61. The van der Waals surface area contributed by atoms with Crippen molar-refractivity contribution in [1.82, 2.24) is 9.88 Å². The lowest BCUT2D eigenvalue weighted by atomic mass is 10.2. The van der Waals surface area contributed by atoms with E-state index >= 15 is 0 Å². The number of hydrogen-bond donors (Lipinski definition) is 1. The molecular formula is C16H17N3O4S. The number of aromatic carboxylic acids is 1. The van der Waals surface area contributed by atoms with Crippen LogP contribution in [-0.2, 0) is 11.3 Å². The first-order valence-electron chi connectivity index (χ1n) is 7.53. The zero-order chi connectivity index (χ0) is 16.9. The molecule has 1 fully saturated rings. The first-order valence-corrected chi connectivity index (χ1v) is 8.41. The van der Waals surface area contributed by atoms with Crippen LogP contribution in [-0.4, -0.2) is 53.2 Å². The second-order valence-corrected chi connectivity index (χ2v) is 6.17. The van der Waals surface area contributed by atoms with E-state index in [1.54, 1.807) is 4.90 Å². The lowest BCUT2D eigenvalue weighted by molar-refractivity contribution is 0.0691. The maximum atomic E-state index is 12.1. The second-order valence-electron chi connectivity index (χ2n) is 5.33. The van der Waals surface area contributed by atoms with E-state index in [0.717, 1.165) is 5.56 Å². The molecule has 0 spiro atoms. The number of carbonyl (C=O) groups is 2. The summed E-state index contributed by atoms with van der Waals surface area (Å²) in [5, 5.41) is 11.1. The summed E-state index contributed by atoms with van der Waals surface area (Å²) in [5.41, 5.74) is 1.01. The highest BCUT2D eigenvalue weighted by Crippen LogP contribution is 2.22. The van der Waals surface area contributed by atoms with Gasteiger partial charge in [0, 0.05) is 31.6 Å². The third kappa shape index (κ3) is 3.83. The minimum atomic E-state index is -1.03. The molecule has 0 radical (unpaired) electrons. The summed E-state index contributed by atoms with van der Waals surface area (Å²) in [4.78, 5) is 30.7. The molecule has 8 heteroatoms. The number of hydrogen-bond acceptors (Lipinski definition) is 6. The molecule has 1 N–H and O–H groups in total. The van der Waals surface area contributed by atoms with Crippen molar-refractivity contribution in [2.24, 2.45) is 0 Å². The number of carboxylic acid groups (broad SMARTS) is 1. The van der Waals surface area contributed by atoms with E-state index in [9.17, 15) is 9.59 Å². The predicted molar refractivity (Wildman–Crippen MR) is 89.5 cm³/mol. The van der Waals surface area contributed by atoms with Crippen molar-refractivity contribution in [3.8, 4) is 0 Å². The first-order chi connectivity index (χ1) is 11.6. The van der Waals surface area contributed by atoms with Gasteiger partial charge in [0.25, 0.3) is 0 Å². The number of carbonyl (C=O) groups excluding carboxylic acids is 1. The SMILES string of the molecule is O=C(O)c1csc(N2CCN(C(=O)OCc3ccccc3)CC2)n1. The van der Waals surface area contributed by atoms with E-state index in [1.807, 2.05) is 35.2 Å². The summed E-state index contributed by atoms with van der Waals surface area (Å²) in [6, 6.07) is 9.54. The van der Waals surface area contributed by atoms with Crippen molar-refractivity contribution in [3.05, 3.63) is 47.0 Å². The number of benzene rings is 1. The highest BCUT2D eigenvalue weighted by molar-refractivity contribution is 7.13. The number of carboxylic acids is 1. The Morgan fingerprint density at radius 3 is 2.50 bits per heavy atom. The Labute approximate surface area is 143 Å². The Bertz CT molecular complexity index is 711. The van der Waals surface area contributed by atoms with Crippen LogP contribution in [0.25, 0.3) is 0 Å². The molecule has 3 rings (SSSR count). The summed E-state index contributed by atoms with van der Waals surface area (Å²) < 4.78 is 5.32. The van der Waals surface area contributed by atoms with Gasteiger partial charge in [-0.2, -0.15) is 0 Å². The highest BCUT2D eigenvalue weighted by Gasteiger charge is 2.24. The quantitative estimate of drug-likeness (QED) is 0.914. The van der Waals surface area contributed by atoms with Crippen LogP contribution < -0.4 is 4.90 Å². The second kappa shape index (κ2) is 7.31. The van der Waals surface area contributed by atoms with Gasteiger partial charge in [-0.25, -0.2) is 14.6 Å². The molecule has 0 atom stereocenters. The van der Waals surface area contributed by atoms with Crippen LogP contribution in [0.15, 0.2) is 35.7 Å². The molecule has 1 amide bonds. The molecule has 126 valence electrons.